The number of hydrogen-bond acceptors (Lipinski definition) is 8. The summed E-state index contributed by atoms with van der Waals surface area (Å²) < 4.78 is 13.1. The van der Waals surface area contributed by atoms with Gasteiger partial charge >= 0.3 is 0 Å². The Hall–Kier alpha value is -3.07. The van der Waals surface area contributed by atoms with Crippen LogP contribution < -0.4 is 25.8 Å². The van der Waals surface area contributed by atoms with E-state index in [2.05, 4.69) is 15.2 Å². The summed E-state index contributed by atoms with van der Waals surface area (Å²) >= 11 is 0. The first-order valence-electron chi connectivity index (χ1n) is 12.4. The second-order valence-electron chi connectivity index (χ2n) is 9.46. The van der Waals surface area contributed by atoms with E-state index in [1.54, 1.807) is 14.2 Å². The van der Waals surface area contributed by atoms with Crippen LogP contribution in [0.2, 0.25) is 0 Å². The molecule has 2 aromatic heterocycles. The average molecular weight is 466 g/mol. The van der Waals surface area contributed by atoms with Gasteiger partial charge in [-0.2, -0.15) is 9.97 Å². The van der Waals surface area contributed by atoms with Gasteiger partial charge in [0, 0.05) is 24.7 Å². The van der Waals surface area contributed by atoms with Crippen molar-refractivity contribution in [1.82, 2.24) is 19.5 Å². The lowest BCUT2D eigenvalue weighted by Gasteiger charge is -2.27. The highest BCUT2D eigenvalue weighted by molar-refractivity contribution is 5.84. The molecule has 0 saturated heterocycles. The van der Waals surface area contributed by atoms with Crippen LogP contribution in [0.15, 0.2) is 24.5 Å². The average Bonchev–Trinajstić information content (AvgIpc) is 3.54. The summed E-state index contributed by atoms with van der Waals surface area (Å²) in [6.45, 7) is 0.584. The maximum Gasteiger partial charge on any atom is 0.227 e. The molecule has 5 rings (SSSR count). The Bertz CT molecular complexity index is 1120. The normalized spacial score (nSPS) is 21.0. The number of ether oxygens (including phenoxy) is 2. The molecule has 3 aromatic rings. The van der Waals surface area contributed by atoms with Crippen molar-refractivity contribution >= 4 is 22.9 Å². The molecule has 9 heteroatoms. The van der Waals surface area contributed by atoms with Crippen molar-refractivity contribution < 1.29 is 9.47 Å². The van der Waals surface area contributed by atoms with Gasteiger partial charge in [0.25, 0.3) is 0 Å². The lowest BCUT2D eigenvalue weighted by molar-refractivity contribution is 0.354. The van der Waals surface area contributed by atoms with E-state index in [9.17, 15) is 0 Å². The Kier molecular flexibility index (Phi) is 6.71. The van der Waals surface area contributed by atoms with Crippen molar-refractivity contribution in [3.8, 4) is 11.5 Å². The summed E-state index contributed by atoms with van der Waals surface area (Å²) in [7, 11) is 3.29. The van der Waals surface area contributed by atoms with Crippen LogP contribution in [-0.2, 0) is 6.54 Å². The minimum Gasteiger partial charge on any atom is -0.493 e. The van der Waals surface area contributed by atoms with Gasteiger partial charge in [0.05, 0.1) is 20.5 Å². The maximum absolute atomic E-state index is 6.10. The molecular weight excluding hydrogens is 430 g/mol. The molecule has 0 bridgehead atoms. The molecule has 1 aromatic carbocycles. The van der Waals surface area contributed by atoms with Gasteiger partial charge in [-0.15, -0.1) is 0 Å². The van der Waals surface area contributed by atoms with Gasteiger partial charge in [0.2, 0.25) is 5.95 Å². The Morgan fingerprint density at radius 3 is 2.50 bits per heavy atom. The third-order valence-corrected chi connectivity index (χ3v) is 7.15. The molecule has 0 amide bonds. The van der Waals surface area contributed by atoms with Crippen LogP contribution in [0.1, 0.15) is 63.0 Å². The summed E-state index contributed by atoms with van der Waals surface area (Å²) in [5.41, 5.74) is 8.87. The number of nitrogens with zero attached hydrogens (tertiary/aromatic N) is 4. The van der Waals surface area contributed by atoms with E-state index in [1.165, 1.54) is 25.7 Å². The van der Waals surface area contributed by atoms with Crippen LogP contribution in [-0.4, -0.2) is 45.8 Å². The quantitative estimate of drug-likeness (QED) is 0.453. The van der Waals surface area contributed by atoms with E-state index in [0.717, 1.165) is 48.2 Å². The van der Waals surface area contributed by atoms with Crippen LogP contribution >= 0.6 is 0 Å². The Morgan fingerprint density at radius 1 is 1.00 bits per heavy atom. The largest absolute Gasteiger partial charge is 0.493 e. The van der Waals surface area contributed by atoms with Gasteiger partial charge in [-0.25, -0.2) is 4.98 Å². The van der Waals surface area contributed by atoms with Crippen LogP contribution in [0, 0.1) is 0 Å². The summed E-state index contributed by atoms with van der Waals surface area (Å²) in [5, 5.41) is 7.08. The summed E-state index contributed by atoms with van der Waals surface area (Å²) in [6, 6.07) is 7.03. The van der Waals surface area contributed by atoms with E-state index in [4.69, 9.17) is 30.2 Å². The van der Waals surface area contributed by atoms with Crippen molar-refractivity contribution in [1.29, 1.82) is 0 Å². The molecule has 0 aliphatic heterocycles. The number of nitrogens with one attached hydrogen (secondary N) is 2. The SMILES string of the molecule is COc1ccc(CNc2nc(N[C@H]3CC[C@H](N)CC3)nc3c2ncn3C2CCCC2)cc1OC. The zero-order valence-electron chi connectivity index (χ0n) is 20.1. The van der Waals surface area contributed by atoms with Crippen LogP contribution in [0.5, 0.6) is 11.5 Å². The standard InChI is InChI=1S/C25H35N7O2/c1-33-20-12-7-16(13-21(20)34-2)14-27-23-22-24(32(15-28-22)19-5-3-4-6-19)31-25(30-23)29-18-10-8-17(26)9-11-18/h7,12-13,15,17-19H,3-6,8-11,14,26H2,1-2H3,(H2,27,29,30,31)/t17-,18-. The predicted octanol–water partition coefficient (Wildman–Crippen LogP) is 4.25. The smallest absolute Gasteiger partial charge is 0.227 e. The minimum atomic E-state index is 0.309. The second-order valence-corrected chi connectivity index (χ2v) is 9.46. The molecule has 2 aliphatic carbocycles. The number of anilines is 2. The number of benzene rings is 1. The highest BCUT2D eigenvalue weighted by Crippen LogP contribution is 2.34. The molecule has 2 saturated carbocycles. The Balaban J connectivity index is 1.43. The predicted molar refractivity (Wildman–Crippen MR) is 134 cm³/mol. The van der Waals surface area contributed by atoms with Crippen molar-refractivity contribution in [3.63, 3.8) is 0 Å². The van der Waals surface area contributed by atoms with E-state index in [-0.39, 0.29) is 0 Å². The fourth-order valence-corrected chi connectivity index (χ4v) is 5.18. The molecule has 9 nitrogen and oxygen atoms in total. The number of fused-ring (bicyclic) bond motifs is 1. The van der Waals surface area contributed by atoms with E-state index < -0.39 is 0 Å². The molecule has 0 spiro atoms. The zero-order valence-corrected chi connectivity index (χ0v) is 20.1. The Morgan fingerprint density at radius 2 is 1.76 bits per heavy atom. The van der Waals surface area contributed by atoms with Gasteiger partial charge < -0.3 is 30.4 Å². The van der Waals surface area contributed by atoms with Gasteiger partial charge in [0.15, 0.2) is 28.5 Å². The molecule has 182 valence electrons. The molecule has 0 radical (unpaired) electrons. The zero-order chi connectivity index (χ0) is 23.5. The maximum atomic E-state index is 6.10. The highest BCUT2D eigenvalue weighted by atomic mass is 16.5. The first kappa shape index (κ1) is 22.7. The second kappa shape index (κ2) is 10.0. The summed E-state index contributed by atoms with van der Waals surface area (Å²) in [6.07, 6.45) is 10.9. The fraction of sp³-hybridized carbons (Fsp3) is 0.560. The van der Waals surface area contributed by atoms with Crippen molar-refractivity contribution in [3.05, 3.63) is 30.1 Å². The van der Waals surface area contributed by atoms with Crippen molar-refractivity contribution in [2.75, 3.05) is 24.9 Å². The fourth-order valence-electron chi connectivity index (χ4n) is 5.18. The van der Waals surface area contributed by atoms with E-state index in [1.807, 2.05) is 24.5 Å². The van der Waals surface area contributed by atoms with E-state index >= 15 is 0 Å². The van der Waals surface area contributed by atoms with Crippen LogP contribution in [0.4, 0.5) is 11.8 Å². The monoisotopic (exact) mass is 465 g/mol. The molecule has 2 heterocycles. The number of methoxy groups -OCH3 is 2. The third kappa shape index (κ3) is 4.75. The highest BCUT2D eigenvalue weighted by Gasteiger charge is 2.24. The van der Waals surface area contributed by atoms with Crippen LogP contribution in [0.3, 0.4) is 0 Å². The first-order valence-corrected chi connectivity index (χ1v) is 12.4. The Labute approximate surface area is 200 Å². The number of rotatable bonds is 8. The summed E-state index contributed by atoms with van der Waals surface area (Å²) in [4.78, 5) is 14.5. The van der Waals surface area contributed by atoms with Crippen LogP contribution in [0.25, 0.3) is 11.2 Å². The minimum absolute atomic E-state index is 0.309. The van der Waals surface area contributed by atoms with E-state index in [0.29, 0.717) is 42.1 Å². The number of hydrogen-bond donors (Lipinski definition) is 3. The number of imidazole rings is 1. The molecule has 0 unspecified atom stereocenters. The van der Waals surface area contributed by atoms with Crippen molar-refractivity contribution in [2.24, 2.45) is 5.73 Å². The number of aromatic nitrogens is 4. The first-order chi connectivity index (χ1) is 16.6. The van der Waals surface area contributed by atoms with Gasteiger partial charge in [-0.1, -0.05) is 18.9 Å². The molecule has 2 aliphatic rings. The molecule has 34 heavy (non-hydrogen) atoms. The van der Waals surface area contributed by atoms with Gasteiger partial charge in [0.1, 0.15) is 0 Å². The van der Waals surface area contributed by atoms with Crippen molar-refractivity contribution in [2.45, 2.75) is 76.0 Å². The van der Waals surface area contributed by atoms with Gasteiger partial charge in [-0.3, -0.25) is 0 Å². The molecule has 2 fully saturated rings. The number of nitrogens with two attached hydrogens (primary N) is 1. The lowest BCUT2D eigenvalue weighted by Crippen LogP contribution is -2.33. The topological polar surface area (TPSA) is 112 Å². The summed E-state index contributed by atoms with van der Waals surface area (Å²) in [5.74, 6) is 2.82. The molecule has 0 atom stereocenters. The molecular formula is C25H35N7O2. The molecule has 4 N–H and O–H groups in total. The lowest BCUT2D eigenvalue weighted by atomic mass is 9.92. The third-order valence-electron chi connectivity index (χ3n) is 7.15. The van der Waals surface area contributed by atoms with Gasteiger partial charge in [-0.05, 0) is 56.2 Å².